The Hall–Kier alpha value is -0.970. The van der Waals surface area contributed by atoms with Gasteiger partial charge in [-0.2, -0.15) is 0 Å². The van der Waals surface area contributed by atoms with Gasteiger partial charge in [0.15, 0.2) is 0 Å². The van der Waals surface area contributed by atoms with Gasteiger partial charge in [-0.1, -0.05) is 5.92 Å². The third-order valence-electron chi connectivity index (χ3n) is 0.532. The molecule has 0 aromatic rings. The smallest absolute Gasteiger partial charge is 0.302 e. The summed E-state index contributed by atoms with van der Waals surface area (Å²) < 4.78 is 4.46. The molecular formula is C6H7O2. The lowest BCUT2D eigenvalue weighted by molar-refractivity contribution is -0.140. The Morgan fingerprint density at radius 3 is 2.88 bits per heavy atom. The zero-order valence-corrected chi connectivity index (χ0v) is 4.73. The summed E-state index contributed by atoms with van der Waals surface area (Å²) in [4.78, 5) is 10.0. The highest BCUT2D eigenvalue weighted by atomic mass is 16.5. The Labute approximate surface area is 48.8 Å². The molecule has 0 atom stereocenters. The lowest BCUT2D eigenvalue weighted by Gasteiger charge is -1.93. The topological polar surface area (TPSA) is 26.3 Å². The van der Waals surface area contributed by atoms with Gasteiger partial charge < -0.3 is 4.74 Å². The van der Waals surface area contributed by atoms with Crippen LogP contribution in [0.5, 0.6) is 0 Å². The van der Waals surface area contributed by atoms with Crippen molar-refractivity contribution >= 4 is 5.97 Å². The third-order valence-corrected chi connectivity index (χ3v) is 0.532. The van der Waals surface area contributed by atoms with Gasteiger partial charge in [0.25, 0.3) is 0 Å². The highest BCUT2D eigenvalue weighted by Gasteiger charge is 1.87. The van der Waals surface area contributed by atoms with Gasteiger partial charge in [-0.15, -0.1) is 0 Å². The molecule has 0 amide bonds. The van der Waals surface area contributed by atoms with Crippen LogP contribution in [0.4, 0.5) is 0 Å². The summed E-state index contributed by atoms with van der Waals surface area (Å²) in [5.74, 6) is 1.79. The molecule has 0 aliphatic carbocycles. The molecule has 0 aliphatic heterocycles. The van der Waals surface area contributed by atoms with Crippen LogP contribution in [0.25, 0.3) is 0 Å². The minimum Gasteiger partial charge on any atom is -0.465 e. The number of carbonyl (C=O) groups is 1. The van der Waals surface area contributed by atoms with Crippen molar-refractivity contribution in [3.05, 3.63) is 6.42 Å². The molecule has 0 heterocycles. The van der Waals surface area contributed by atoms with Gasteiger partial charge in [0.2, 0.25) is 0 Å². The van der Waals surface area contributed by atoms with Crippen LogP contribution in [0, 0.1) is 12.3 Å². The summed E-state index contributed by atoms with van der Waals surface area (Å²) in [7, 11) is 0. The van der Waals surface area contributed by atoms with Gasteiger partial charge >= 0.3 is 5.97 Å². The van der Waals surface area contributed by atoms with Crippen molar-refractivity contribution in [2.45, 2.75) is 13.3 Å². The quantitative estimate of drug-likeness (QED) is 0.295. The SMILES string of the molecule is [C]#CCCOC(C)=O. The maximum absolute atomic E-state index is 10.0. The van der Waals surface area contributed by atoms with E-state index in [9.17, 15) is 4.79 Å². The monoisotopic (exact) mass is 111 g/mol. The summed E-state index contributed by atoms with van der Waals surface area (Å²) in [6.07, 6.45) is 6.79. The van der Waals surface area contributed by atoms with Crippen LogP contribution in [-0.2, 0) is 9.53 Å². The molecule has 0 saturated carbocycles. The van der Waals surface area contributed by atoms with Crippen molar-refractivity contribution in [3.63, 3.8) is 0 Å². The summed E-state index contributed by atoms with van der Waals surface area (Å²) >= 11 is 0. The van der Waals surface area contributed by atoms with Crippen LogP contribution in [0.3, 0.4) is 0 Å². The minimum absolute atomic E-state index is 0.277. The van der Waals surface area contributed by atoms with E-state index >= 15 is 0 Å². The van der Waals surface area contributed by atoms with E-state index in [4.69, 9.17) is 6.42 Å². The lowest BCUT2D eigenvalue weighted by Crippen LogP contribution is -1.98. The zero-order valence-electron chi connectivity index (χ0n) is 4.73. The number of hydrogen-bond donors (Lipinski definition) is 0. The first-order valence-corrected chi connectivity index (χ1v) is 2.30. The van der Waals surface area contributed by atoms with E-state index in [1.54, 1.807) is 0 Å². The Balaban J connectivity index is 2.97. The van der Waals surface area contributed by atoms with Crippen molar-refractivity contribution in [1.82, 2.24) is 0 Å². The molecule has 1 radical (unpaired) electrons. The second kappa shape index (κ2) is 4.20. The molecule has 8 heavy (non-hydrogen) atoms. The van der Waals surface area contributed by atoms with Crippen LogP contribution in [0.1, 0.15) is 13.3 Å². The highest BCUT2D eigenvalue weighted by Crippen LogP contribution is 1.79. The molecule has 0 aromatic carbocycles. The molecule has 0 rings (SSSR count). The van der Waals surface area contributed by atoms with Crippen LogP contribution >= 0.6 is 0 Å². The van der Waals surface area contributed by atoms with E-state index in [2.05, 4.69) is 10.7 Å². The summed E-state index contributed by atoms with van der Waals surface area (Å²) in [6, 6.07) is 0. The van der Waals surface area contributed by atoms with Crippen molar-refractivity contribution in [3.8, 4) is 5.92 Å². The standard InChI is InChI=1S/C6H7O2/c1-3-4-5-8-6(2)7/h4-5H2,2H3. The van der Waals surface area contributed by atoms with E-state index in [-0.39, 0.29) is 12.6 Å². The molecule has 43 valence electrons. The number of esters is 1. The van der Waals surface area contributed by atoms with Crippen molar-refractivity contribution < 1.29 is 9.53 Å². The Kier molecular flexibility index (Phi) is 3.69. The molecule has 0 aliphatic rings. The minimum atomic E-state index is -0.305. The molecule has 0 N–H and O–H groups in total. The summed E-state index contributed by atoms with van der Waals surface area (Å²) in [6.45, 7) is 1.61. The van der Waals surface area contributed by atoms with Gasteiger partial charge in [0.05, 0.1) is 0 Å². The fourth-order valence-corrected chi connectivity index (χ4v) is 0.246. The Morgan fingerprint density at radius 2 is 2.50 bits per heavy atom. The molecule has 0 spiro atoms. The first-order chi connectivity index (χ1) is 3.77. The van der Waals surface area contributed by atoms with E-state index < -0.39 is 0 Å². The molecule has 0 bridgehead atoms. The van der Waals surface area contributed by atoms with Crippen LogP contribution in [0.2, 0.25) is 0 Å². The zero-order chi connectivity index (χ0) is 6.41. The van der Waals surface area contributed by atoms with Crippen molar-refractivity contribution in [1.29, 1.82) is 0 Å². The number of hydrogen-bond acceptors (Lipinski definition) is 2. The predicted octanol–water partition coefficient (Wildman–Crippen LogP) is 0.529. The number of rotatable bonds is 2. The number of ether oxygens (including phenoxy) is 1. The fourth-order valence-electron chi connectivity index (χ4n) is 0.246. The molecule has 0 unspecified atom stereocenters. The van der Waals surface area contributed by atoms with Crippen LogP contribution in [0.15, 0.2) is 0 Å². The maximum atomic E-state index is 10.0. The van der Waals surface area contributed by atoms with E-state index in [1.807, 2.05) is 0 Å². The normalized spacial score (nSPS) is 7.50. The first kappa shape index (κ1) is 7.03. The van der Waals surface area contributed by atoms with Gasteiger partial charge in [0, 0.05) is 13.3 Å². The molecule has 0 fully saturated rings. The van der Waals surface area contributed by atoms with E-state index in [0.717, 1.165) is 0 Å². The molecule has 0 aromatic heterocycles. The lowest BCUT2D eigenvalue weighted by atomic mass is 10.5. The number of carbonyl (C=O) groups excluding carboxylic acids is 1. The van der Waals surface area contributed by atoms with Gasteiger partial charge in [0.1, 0.15) is 6.61 Å². The van der Waals surface area contributed by atoms with Gasteiger partial charge in [-0.3, -0.25) is 4.79 Å². The second-order valence-electron chi connectivity index (χ2n) is 1.27. The molecular weight excluding hydrogens is 104 g/mol. The summed E-state index contributed by atoms with van der Waals surface area (Å²) in [5, 5.41) is 0. The second-order valence-corrected chi connectivity index (χ2v) is 1.27. The van der Waals surface area contributed by atoms with E-state index in [0.29, 0.717) is 6.42 Å². The van der Waals surface area contributed by atoms with Gasteiger partial charge in [-0.25, -0.2) is 0 Å². The Bertz CT molecular complexity index is 110. The summed E-state index contributed by atoms with van der Waals surface area (Å²) in [5.41, 5.74) is 0. The first-order valence-electron chi connectivity index (χ1n) is 2.30. The van der Waals surface area contributed by atoms with Crippen LogP contribution < -0.4 is 0 Å². The van der Waals surface area contributed by atoms with Crippen molar-refractivity contribution in [2.75, 3.05) is 6.61 Å². The van der Waals surface area contributed by atoms with E-state index in [1.165, 1.54) is 6.92 Å². The largest absolute Gasteiger partial charge is 0.465 e. The average molecular weight is 111 g/mol. The van der Waals surface area contributed by atoms with Crippen LogP contribution in [-0.4, -0.2) is 12.6 Å². The molecule has 2 nitrogen and oxygen atoms in total. The predicted molar refractivity (Wildman–Crippen MR) is 28.4 cm³/mol. The maximum Gasteiger partial charge on any atom is 0.302 e. The Morgan fingerprint density at radius 1 is 1.88 bits per heavy atom. The fraction of sp³-hybridized carbons (Fsp3) is 0.500. The molecule has 0 saturated heterocycles. The van der Waals surface area contributed by atoms with Crippen molar-refractivity contribution in [2.24, 2.45) is 0 Å². The highest BCUT2D eigenvalue weighted by molar-refractivity contribution is 5.65. The molecule has 2 heteroatoms. The average Bonchev–Trinajstić information content (AvgIpc) is 1.66. The third kappa shape index (κ3) is 5.03. The van der Waals surface area contributed by atoms with Gasteiger partial charge in [-0.05, 0) is 6.42 Å².